The van der Waals surface area contributed by atoms with Gasteiger partial charge in [-0.05, 0) is 17.5 Å². The largest absolute Gasteiger partial charge is 0.122 e. The molecule has 0 unspecified atom stereocenters. The molecular weight excluding hydrogens is 240 g/mol. The first-order valence-electron chi connectivity index (χ1n) is 4.65. The van der Waals surface area contributed by atoms with Crippen molar-refractivity contribution in [2.24, 2.45) is 0 Å². The fourth-order valence-electron chi connectivity index (χ4n) is 0.866. The van der Waals surface area contributed by atoms with Crippen LogP contribution in [0.2, 0.25) is 0 Å². The smallest absolute Gasteiger partial charge is 0.0218 e. The van der Waals surface area contributed by atoms with Gasteiger partial charge in [-0.3, -0.25) is 0 Å². The molecule has 1 aromatic rings. The van der Waals surface area contributed by atoms with Crippen molar-refractivity contribution in [2.75, 3.05) is 11.5 Å². The van der Waals surface area contributed by atoms with E-state index in [9.17, 15) is 0 Å². The number of thioether (sulfide) groups is 1. The Balaban J connectivity index is 2.08. The Labute approximate surface area is 104 Å². The van der Waals surface area contributed by atoms with Crippen molar-refractivity contribution >= 4 is 33.3 Å². The third-order valence-corrected chi connectivity index (χ3v) is 4.42. The number of benzene rings is 1. The lowest BCUT2D eigenvalue weighted by Crippen LogP contribution is -1.71. The third-order valence-electron chi connectivity index (χ3n) is 1.50. The molecule has 1 rings (SSSR count). The van der Waals surface area contributed by atoms with E-state index in [4.69, 9.17) is 0 Å². The van der Waals surface area contributed by atoms with Crippen molar-refractivity contribution in [2.45, 2.75) is 4.90 Å². The Kier molecular flexibility index (Phi) is 7.70. The van der Waals surface area contributed by atoms with Gasteiger partial charge in [-0.15, -0.1) is 18.3 Å². The average molecular weight is 254 g/mol. The summed E-state index contributed by atoms with van der Waals surface area (Å²) in [5, 5.41) is 2.14. The topological polar surface area (TPSA) is 0 Å². The van der Waals surface area contributed by atoms with E-state index in [1.165, 1.54) is 4.90 Å². The summed E-state index contributed by atoms with van der Waals surface area (Å²) in [6.07, 6.45) is 4.11. The van der Waals surface area contributed by atoms with Gasteiger partial charge in [0, 0.05) is 16.4 Å². The molecule has 80 valence electrons. The SMILES string of the molecule is C=CCSS/C=C/CSc1ccccc1. The molecule has 0 aromatic heterocycles. The first kappa shape index (κ1) is 12.8. The lowest BCUT2D eigenvalue weighted by Gasteiger charge is -1.96. The van der Waals surface area contributed by atoms with E-state index >= 15 is 0 Å². The predicted octanol–water partition coefficient (Wildman–Crippen LogP) is 4.86. The molecule has 0 aliphatic rings. The highest BCUT2D eigenvalue weighted by atomic mass is 33.1. The lowest BCUT2D eigenvalue weighted by atomic mass is 10.4. The molecule has 0 amide bonds. The quantitative estimate of drug-likeness (QED) is 0.295. The zero-order valence-electron chi connectivity index (χ0n) is 8.46. The molecule has 1 aromatic carbocycles. The first-order valence-corrected chi connectivity index (χ1v) is 8.02. The highest BCUT2D eigenvalue weighted by molar-refractivity contribution is 8.77. The van der Waals surface area contributed by atoms with Gasteiger partial charge in [0.25, 0.3) is 0 Å². The number of rotatable bonds is 7. The van der Waals surface area contributed by atoms with Gasteiger partial charge in [0.1, 0.15) is 0 Å². The summed E-state index contributed by atoms with van der Waals surface area (Å²) in [6, 6.07) is 10.5. The zero-order chi connectivity index (χ0) is 10.8. The van der Waals surface area contributed by atoms with Crippen LogP contribution in [-0.4, -0.2) is 11.5 Å². The first-order chi connectivity index (χ1) is 7.43. The summed E-state index contributed by atoms with van der Waals surface area (Å²) < 4.78 is 0. The minimum absolute atomic E-state index is 1.00. The molecular formula is C12H14S3. The molecule has 0 heterocycles. The molecule has 0 saturated heterocycles. The molecule has 0 nitrogen and oxygen atoms in total. The normalized spacial score (nSPS) is 10.7. The van der Waals surface area contributed by atoms with Crippen LogP contribution in [0, 0.1) is 0 Å². The molecule has 0 N–H and O–H groups in total. The predicted molar refractivity (Wildman–Crippen MR) is 76.6 cm³/mol. The standard InChI is InChI=1S/C12H14S3/c1-2-9-14-15-11-6-10-13-12-7-4-3-5-8-12/h2-8,11H,1,9-10H2/b11-6+. The fourth-order valence-corrected chi connectivity index (χ4v) is 3.15. The van der Waals surface area contributed by atoms with E-state index < -0.39 is 0 Å². The van der Waals surface area contributed by atoms with Crippen molar-refractivity contribution in [1.29, 1.82) is 0 Å². The van der Waals surface area contributed by atoms with Gasteiger partial charge >= 0.3 is 0 Å². The maximum atomic E-state index is 3.67. The highest BCUT2D eigenvalue weighted by Crippen LogP contribution is 2.23. The van der Waals surface area contributed by atoms with Crippen LogP contribution in [0.4, 0.5) is 0 Å². The second kappa shape index (κ2) is 9.01. The second-order valence-electron chi connectivity index (χ2n) is 2.67. The Morgan fingerprint density at radius 2 is 1.93 bits per heavy atom. The summed E-state index contributed by atoms with van der Waals surface area (Å²) in [6.45, 7) is 3.67. The lowest BCUT2D eigenvalue weighted by molar-refractivity contribution is 1.46. The summed E-state index contributed by atoms with van der Waals surface area (Å²) >= 11 is 1.85. The Morgan fingerprint density at radius 3 is 2.67 bits per heavy atom. The average Bonchev–Trinajstić information content (AvgIpc) is 2.29. The fraction of sp³-hybridized carbons (Fsp3) is 0.167. The molecule has 15 heavy (non-hydrogen) atoms. The van der Waals surface area contributed by atoms with Gasteiger partial charge < -0.3 is 0 Å². The van der Waals surface area contributed by atoms with Crippen LogP contribution in [-0.2, 0) is 0 Å². The van der Waals surface area contributed by atoms with Crippen LogP contribution in [0.15, 0.2) is 59.4 Å². The minimum atomic E-state index is 1.00. The minimum Gasteiger partial charge on any atom is -0.122 e. The van der Waals surface area contributed by atoms with Crippen LogP contribution >= 0.6 is 33.3 Å². The summed E-state index contributed by atoms with van der Waals surface area (Å²) in [5.41, 5.74) is 0. The van der Waals surface area contributed by atoms with Gasteiger partial charge in [-0.25, -0.2) is 0 Å². The van der Waals surface area contributed by atoms with Gasteiger partial charge in [-0.2, -0.15) is 0 Å². The number of hydrogen-bond acceptors (Lipinski definition) is 3. The van der Waals surface area contributed by atoms with E-state index in [0.29, 0.717) is 0 Å². The Hall–Kier alpha value is -0.250. The van der Waals surface area contributed by atoms with E-state index in [1.807, 2.05) is 23.9 Å². The Bertz CT molecular complexity index is 293. The molecule has 0 saturated carbocycles. The Morgan fingerprint density at radius 1 is 1.13 bits per heavy atom. The second-order valence-corrected chi connectivity index (χ2v) is 6.08. The van der Waals surface area contributed by atoms with Crippen LogP contribution in [0.1, 0.15) is 0 Å². The molecule has 0 bridgehead atoms. The zero-order valence-corrected chi connectivity index (χ0v) is 10.9. The van der Waals surface area contributed by atoms with E-state index in [0.717, 1.165) is 11.5 Å². The van der Waals surface area contributed by atoms with Gasteiger partial charge in [-0.1, -0.05) is 51.9 Å². The van der Waals surface area contributed by atoms with Crippen molar-refractivity contribution in [1.82, 2.24) is 0 Å². The van der Waals surface area contributed by atoms with Crippen LogP contribution < -0.4 is 0 Å². The molecule has 0 spiro atoms. The summed E-state index contributed by atoms with van der Waals surface area (Å²) in [4.78, 5) is 1.32. The molecule has 0 aliphatic heterocycles. The van der Waals surface area contributed by atoms with Crippen LogP contribution in [0.25, 0.3) is 0 Å². The molecule has 3 heteroatoms. The van der Waals surface area contributed by atoms with Crippen molar-refractivity contribution in [3.8, 4) is 0 Å². The molecule has 0 atom stereocenters. The van der Waals surface area contributed by atoms with Crippen LogP contribution in [0.3, 0.4) is 0 Å². The van der Waals surface area contributed by atoms with E-state index in [2.05, 4.69) is 42.3 Å². The maximum absolute atomic E-state index is 3.67. The maximum Gasteiger partial charge on any atom is 0.0218 e. The van der Waals surface area contributed by atoms with Gasteiger partial charge in [0.05, 0.1) is 0 Å². The third kappa shape index (κ3) is 6.77. The number of hydrogen-bond donors (Lipinski definition) is 0. The molecule has 0 radical (unpaired) electrons. The summed E-state index contributed by atoms with van der Waals surface area (Å²) in [7, 11) is 3.57. The summed E-state index contributed by atoms with van der Waals surface area (Å²) in [5.74, 6) is 2.03. The van der Waals surface area contributed by atoms with E-state index in [1.54, 1.807) is 21.6 Å². The van der Waals surface area contributed by atoms with E-state index in [-0.39, 0.29) is 0 Å². The van der Waals surface area contributed by atoms with Crippen LogP contribution in [0.5, 0.6) is 0 Å². The van der Waals surface area contributed by atoms with Crippen molar-refractivity contribution in [3.63, 3.8) is 0 Å². The van der Waals surface area contributed by atoms with Crippen molar-refractivity contribution < 1.29 is 0 Å². The van der Waals surface area contributed by atoms with Gasteiger partial charge in [0.15, 0.2) is 0 Å². The molecule has 0 fully saturated rings. The van der Waals surface area contributed by atoms with Crippen molar-refractivity contribution in [3.05, 3.63) is 54.5 Å². The highest BCUT2D eigenvalue weighted by Gasteiger charge is 1.88. The monoisotopic (exact) mass is 254 g/mol. The van der Waals surface area contributed by atoms with Gasteiger partial charge in [0.2, 0.25) is 0 Å². The molecule has 0 aliphatic carbocycles.